The van der Waals surface area contributed by atoms with E-state index in [1.807, 2.05) is 0 Å². The van der Waals surface area contributed by atoms with Gasteiger partial charge in [0.1, 0.15) is 13.2 Å². The van der Waals surface area contributed by atoms with Crippen LogP contribution in [0, 0.1) is 0 Å². The summed E-state index contributed by atoms with van der Waals surface area (Å²) in [4.78, 5) is 37.7. The molecule has 6 nitrogen and oxygen atoms in total. The Kier molecular flexibility index (Phi) is 42.4. The zero-order valence-electron chi connectivity index (χ0n) is 36.4. The van der Waals surface area contributed by atoms with Gasteiger partial charge >= 0.3 is 17.9 Å². The highest BCUT2D eigenvalue weighted by Crippen LogP contribution is 2.13. The average molecular weight is 773 g/mol. The third-order valence-electron chi connectivity index (χ3n) is 10.1. The number of carbonyl (C=O) groups excluding carboxylic acids is 3. The fourth-order valence-corrected chi connectivity index (χ4v) is 6.47. The molecule has 0 spiro atoms. The summed E-state index contributed by atoms with van der Waals surface area (Å²) in [5, 5.41) is 0. The van der Waals surface area contributed by atoms with E-state index in [0.29, 0.717) is 19.3 Å². The van der Waals surface area contributed by atoms with Gasteiger partial charge in [0.05, 0.1) is 0 Å². The van der Waals surface area contributed by atoms with Crippen molar-refractivity contribution in [3.63, 3.8) is 0 Å². The fraction of sp³-hybridized carbons (Fsp3) is 0.816. The molecule has 6 heteroatoms. The maximum Gasteiger partial charge on any atom is 0.306 e. The first kappa shape index (κ1) is 52.6. The predicted octanol–water partition coefficient (Wildman–Crippen LogP) is 15.0. The van der Waals surface area contributed by atoms with Crippen molar-refractivity contribution in [2.75, 3.05) is 13.2 Å². The molecule has 1 unspecified atom stereocenters. The number of carbonyl (C=O) groups is 3. The third-order valence-corrected chi connectivity index (χ3v) is 10.1. The normalized spacial score (nSPS) is 12.3. The fourth-order valence-electron chi connectivity index (χ4n) is 6.47. The Hall–Kier alpha value is -2.37. The van der Waals surface area contributed by atoms with E-state index in [0.717, 1.165) is 83.5 Å². The van der Waals surface area contributed by atoms with E-state index < -0.39 is 6.10 Å². The van der Waals surface area contributed by atoms with E-state index in [1.54, 1.807) is 0 Å². The summed E-state index contributed by atoms with van der Waals surface area (Å²) < 4.78 is 16.7. The van der Waals surface area contributed by atoms with E-state index in [2.05, 4.69) is 57.2 Å². The minimum atomic E-state index is -0.778. The van der Waals surface area contributed by atoms with Crippen LogP contribution in [-0.4, -0.2) is 37.2 Å². The minimum Gasteiger partial charge on any atom is -0.462 e. The van der Waals surface area contributed by atoms with Crippen molar-refractivity contribution in [1.82, 2.24) is 0 Å². The lowest BCUT2D eigenvalue weighted by Crippen LogP contribution is -2.30. The van der Waals surface area contributed by atoms with Crippen LogP contribution in [0.3, 0.4) is 0 Å². The van der Waals surface area contributed by atoms with Gasteiger partial charge in [-0.25, -0.2) is 0 Å². The zero-order chi connectivity index (χ0) is 40.1. The Morgan fingerprint density at radius 1 is 0.345 bits per heavy atom. The zero-order valence-corrected chi connectivity index (χ0v) is 36.4. The molecule has 1 atom stereocenters. The van der Waals surface area contributed by atoms with Gasteiger partial charge in [0.25, 0.3) is 0 Å². The molecule has 0 heterocycles. The van der Waals surface area contributed by atoms with Gasteiger partial charge in [-0.15, -0.1) is 0 Å². The summed E-state index contributed by atoms with van der Waals surface area (Å²) in [5.74, 6) is -0.907. The van der Waals surface area contributed by atoms with E-state index in [4.69, 9.17) is 14.2 Å². The SMILES string of the molecule is CCCCC=CCCCCCCCC(=O)OCC(COC(=O)CCCCCCCC=CCCCCCC)OC(=O)CCCCCCCC=CCCCCCC. The molecule has 55 heavy (non-hydrogen) atoms. The Morgan fingerprint density at radius 3 is 0.964 bits per heavy atom. The predicted molar refractivity (Wildman–Crippen MR) is 233 cm³/mol. The molecular weight excluding hydrogens is 685 g/mol. The molecule has 320 valence electrons. The van der Waals surface area contributed by atoms with Crippen LogP contribution in [0.1, 0.15) is 239 Å². The quantitative estimate of drug-likeness (QED) is 0.0266. The molecule has 0 aromatic rings. The van der Waals surface area contributed by atoms with Gasteiger partial charge in [-0.2, -0.15) is 0 Å². The van der Waals surface area contributed by atoms with Crippen LogP contribution in [0.15, 0.2) is 36.5 Å². The molecule has 0 aliphatic rings. The van der Waals surface area contributed by atoms with Crippen molar-refractivity contribution in [1.29, 1.82) is 0 Å². The summed E-state index contributed by atoms with van der Waals surface area (Å²) in [6, 6.07) is 0. The van der Waals surface area contributed by atoms with Crippen molar-refractivity contribution in [2.24, 2.45) is 0 Å². The molecule has 0 aliphatic carbocycles. The van der Waals surface area contributed by atoms with Crippen molar-refractivity contribution >= 4 is 17.9 Å². The first-order valence-corrected chi connectivity index (χ1v) is 23.5. The summed E-state index contributed by atoms with van der Waals surface area (Å²) in [5.41, 5.74) is 0. The van der Waals surface area contributed by atoms with E-state index in [1.165, 1.54) is 116 Å². The van der Waals surface area contributed by atoms with Crippen LogP contribution in [-0.2, 0) is 28.6 Å². The molecule has 0 fully saturated rings. The number of rotatable bonds is 42. The van der Waals surface area contributed by atoms with Crippen molar-refractivity contribution < 1.29 is 28.6 Å². The molecule has 0 N–H and O–H groups in total. The molecule has 0 aromatic heterocycles. The van der Waals surface area contributed by atoms with Gasteiger partial charge in [-0.3, -0.25) is 14.4 Å². The van der Waals surface area contributed by atoms with Gasteiger partial charge < -0.3 is 14.2 Å². The average Bonchev–Trinajstić information content (AvgIpc) is 3.18. The van der Waals surface area contributed by atoms with Crippen molar-refractivity contribution in [3.8, 4) is 0 Å². The molecule has 0 saturated carbocycles. The number of hydrogen-bond acceptors (Lipinski definition) is 6. The smallest absolute Gasteiger partial charge is 0.306 e. The van der Waals surface area contributed by atoms with Gasteiger partial charge in [0, 0.05) is 19.3 Å². The third kappa shape index (κ3) is 42.6. The van der Waals surface area contributed by atoms with Gasteiger partial charge in [-0.1, -0.05) is 166 Å². The van der Waals surface area contributed by atoms with Gasteiger partial charge in [-0.05, 0) is 89.9 Å². The maximum absolute atomic E-state index is 12.7. The molecular formula is C49H88O6. The molecule has 0 rings (SSSR count). The second kappa shape index (κ2) is 44.3. The minimum absolute atomic E-state index is 0.0817. The van der Waals surface area contributed by atoms with Crippen LogP contribution in [0.2, 0.25) is 0 Å². The van der Waals surface area contributed by atoms with E-state index in [9.17, 15) is 14.4 Å². The highest BCUT2D eigenvalue weighted by molar-refractivity contribution is 5.71. The second-order valence-corrected chi connectivity index (χ2v) is 15.7. The highest BCUT2D eigenvalue weighted by Gasteiger charge is 2.19. The Labute approximate surface area is 340 Å². The summed E-state index contributed by atoms with van der Waals surface area (Å²) in [6.07, 6.45) is 49.8. The molecule has 0 bridgehead atoms. The summed E-state index contributed by atoms with van der Waals surface area (Å²) in [6.45, 7) is 6.54. The largest absolute Gasteiger partial charge is 0.462 e. The lowest BCUT2D eigenvalue weighted by Gasteiger charge is -2.18. The summed E-state index contributed by atoms with van der Waals surface area (Å²) >= 11 is 0. The Morgan fingerprint density at radius 2 is 0.618 bits per heavy atom. The van der Waals surface area contributed by atoms with Crippen LogP contribution >= 0.6 is 0 Å². The first-order valence-electron chi connectivity index (χ1n) is 23.5. The number of hydrogen-bond donors (Lipinski definition) is 0. The molecule has 0 radical (unpaired) electrons. The van der Waals surface area contributed by atoms with E-state index >= 15 is 0 Å². The molecule has 0 saturated heterocycles. The Bertz CT molecular complexity index is 938. The van der Waals surface area contributed by atoms with Crippen molar-refractivity contribution in [2.45, 2.75) is 245 Å². The summed E-state index contributed by atoms with van der Waals surface area (Å²) in [7, 11) is 0. The number of ether oxygens (including phenoxy) is 3. The molecule has 0 aliphatic heterocycles. The second-order valence-electron chi connectivity index (χ2n) is 15.7. The lowest BCUT2D eigenvalue weighted by atomic mass is 10.1. The topological polar surface area (TPSA) is 78.9 Å². The number of unbranched alkanes of at least 4 members (excludes halogenated alkanes) is 25. The lowest BCUT2D eigenvalue weighted by molar-refractivity contribution is -0.167. The van der Waals surface area contributed by atoms with E-state index in [-0.39, 0.29) is 31.1 Å². The van der Waals surface area contributed by atoms with Gasteiger partial charge in [0.15, 0.2) is 6.10 Å². The van der Waals surface area contributed by atoms with Crippen LogP contribution < -0.4 is 0 Å². The van der Waals surface area contributed by atoms with Crippen LogP contribution in [0.25, 0.3) is 0 Å². The number of allylic oxidation sites excluding steroid dienone is 6. The van der Waals surface area contributed by atoms with Crippen molar-refractivity contribution in [3.05, 3.63) is 36.5 Å². The monoisotopic (exact) mass is 773 g/mol. The number of esters is 3. The highest BCUT2D eigenvalue weighted by atomic mass is 16.6. The van der Waals surface area contributed by atoms with Crippen LogP contribution in [0.5, 0.6) is 0 Å². The maximum atomic E-state index is 12.7. The molecule has 0 aromatic carbocycles. The van der Waals surface area contributed by atoms with Gasteiger partial charge in [0.2, 0.25) is 0 Å². The Balaban J connectivity index is 4.40. The standard InChI is InChI=1S/C49H88O6/c1-4-7-10-13-16-19-22-24-27-30-33-36-39-42-48(51)54-45-46(44-53-47(50)41-38-35-32-29-26-21-18-15-12-9-6-3)55-49(52)43-40-37-34-31-28-25-23-20-17-14-11-8-5-2/h15,18-20,22-23,46H,4-14,16-17,21,24-45H2,1-3H3. The van der Waals surface area contributed by atoms with Crippen LogP contribution in [0.4, 0.5) is 0 Å². The first-order chi connectivity index (χ1) is 27.0. The molecule has 0 amide bonds.